The van der Waals surface area contributed by atoms with E-state index in [2.05, 4.69) is 67.1 Å². The molecule has 2 aliphatic rings. The van der Waals surface area contributed by atoms with Gasteiger partial charge in [0.05, 0.1) is 0 Å². The average molecular weight is 344 g/mol. The van der Waals surface area contributed by atoms with Gasteiger partial charge in [-0.3, -0.25) is 4.90 Å². The number of nitrogens with zero attached hydrogens (tertiary/aromatic N) is 2. The van der Waals surface area contributed by atoms with Crippen LogP contribution in [0.25, 0.3) is 0 Å². The van der Waals surface area contributed by atoms with E-state index >= 15 is 0 Å². The monoisotopic (exact) mass is 343 g/mol. The fourth-order valence-electron chi connectivity index (χ4n) is 4.31. The molecule has 0 aromatic heterocycles. The first-order valence-corrected chi connectivity index (χ1v) is 10.2. The van der Waals surface area contributed by atoms with Crippen molar-refractivity contribution in [3.63, 3.8) is 0 Å². The summed E-state index contributed by atoms with van der Waals surface area (Å²) in [6.45, 7) is 16.4. The van der Waals surface area contributed by atoms with E-state index in [4.69, 9.17) is 0 Å². The van der Waals surface area contributed by atoms with Gasteiger partial charge in [-0.05, 0) is 49.4 Å². The van der Waals surface area contributed by atoms with E-state index in [1.807, 2.05) is 0 Å². The molecule has 2 fully saturated rings. The van der Waals surface area contributed by atoms with Crippen LogP contribution in [0.5, 0.6) is 0 Å². The summed E-state index contributed by atoms with van der Waals surface area (Å²) in [6, 6.07) is 10.6. The smallest absolute Gasteiger partial charge is 0.0479 e. The van der Waals surface area contributed by atoms with Gasteiger partial charge in [-0.2, -0.15) is 0 Å². The molecule has 0 bridgehead atoms. The molecule has 0 amide bonds. The molecule has 140 valence electrons. The first-order valence-electron chi connectivity index (χ1n) is 10.2. The number of likely N-dealkylation sites (tertiary alicyclic amines) is 1. The summed E-state index contributed by atoms with van der Waals surface area (Å²) in [6.07, 6.45) is 4.14. The van der Waals surface area contributed by atoms with Gasteiger partial charge in [-0.25, -0.2) is 0 Å². The molecular weight excluding hydrogens is 306 g/mol. The number of rotatable bonds is 4. The molecule has 0 radical (unpaired) electrons. The van der Waals surface area contributed by atoms with Crippen LogP contribution < -0.4 is 5.32 Å². The minimum atomic E-state index is 0.225. The predicted molar refractivity (Wildman–Crippen MR) is 107 cm³/mol. The summed E-state index contributed by atoms with van der Waals surface area (Å²) in [7, 11) is 0. The van der Waals surface area contributed by atoms with Gasteiger partial charge >= 0.3 is 0 Å². The van der Waals surface area contributed by atoms with Crippen LogP contribution in [-0.2, 0) is 5.41 Å². The Bertz CT molecular complexity index is 525. The molecule has 3 heteroatoms. The summed E-state index contributed by atoms with van der Waals surface area (Å²) in [5.74, 6) is 0. The van der Waals surface area contributed by atoms with Crippen molar-refractivity contribution in [1.29, 1.82) is 0 Å². The number of benzene rings is 1. The molecule has 0 saturated carbocycles. The fourth-order valence-corrected chi connectivity index (χ4v) is 4.31. The molecule has 1 N–H and O–H groups in total. The Morgan fingerprint density at radius 1 is 1.04 bits per heavy atom. The first-order chi connectivity index (χ1) is 11.9. The van der Waals surface area contributed by atoms with Gasteiger partial charge in [0, 0.05) is 38.3 Å². The molecule has 1 aromatic carbocycles. The van der Waals surface area contributed by atoms with Crippen molar-refractivity contribution in [2.45, 2.75) is 64.5 Å². The normalized spacial score (nSPS) is 25.0. The number of piperidine rings is 1. The van der Waals surface area contributed by atoms with Crippen LogP contribution >= 0.6 is 0 Å². The maximum Gasteiger partial charge on any atom is 0.0479 e. The Balaban J connectivity index is 1.81. The summed E-state index contributed by atoms with van der Waals surface area (Å²) in [4.78, 5) is 5.43. The van der Waals surface area contributed by atoms with Gasteiger partial charge < -0.3 is 10.2 Å². The molecule has 2 unspecified atom stereocenters. The summed E-state index contributed by atoms with van der Waals surface area (Å²) in [5, 5.41) is 3.55. The summed E-state index contributed by atoms with van der Waals surface area (Å²) < 4.78 is 0. The SMILES string of the molecule is CC1CNCCN1C(CN1CCCCC1)c1ccc(C(C)(C)C)cc1. The Morgan fingerprint density at radius 3 is 2.32 bits per heavy atom. The predicted octanol–water partition coefficient (Wildman–Crippen LogP) is 3.80. The molecule has 3 rings (SSSR count). The lowest BCUT2D eigenvalue weighted by Crippen LogP contribution is -2.53. The second kappa shape index (κ2) is 8.20. The van der Waals surface area contributed by atoms with E-state index in [1.54, 1.807) is 0 Å². The molecular formula is C22H37N3. The topological polar surface area (TPSA) is 18.5 Å². The van der Waals surface area contributed by atoms with Crippen LogP contribution in [0.15, 0.2) is 24.3 Å². The van der Waals surface area contributed by atoms with E-state index in [0.29, 0.717) is 12.1 Å². The van der Waals surface area contributed by atoms with Crippen LogP contribution in [0, 0.1) is 0 Å². The third kappa shape index (κ3) is 4.84. The largest absolute Gasteiger partial charge is 0.314 e. The lowest BCUT2D eigenvalue weighted by Gasteiger charge is -2.43. The van der Waals surface area contributed by atoms with E-state index in [9.17, 15) is 0 Å². The van der Waals surface area contributed by atoms with Crippen LogP contribution in [0.2, 0.25) is 0 Å². The Hall–Kier alpha value is -0.900. The number of hydrogen-bond donors (Lipinski definition) is 1. The second-order valence-electron chi connectivity index (χ2n) is 9.04. The molecule has 1 aromatic rings. The zero-order valence-electron chi connectivity index (χ0n) is 16.7. The molecule has 25 heavy (non-hydrogen) atoms. The van der Waals surface area contributed by atoms with Gasteiger partial charge in [0.1, 0.15) is 0 Å². The lowest BCUT2D eigenvalue weighted by molar-refractivity contribution is 0.0779. The summed E-state index contributed by atoms with van der Waals surface area (Å²) >= 11 is 0. The fraction of sp³-hybridized carbons (Fsp3) is 0.727. The highest BCUT2D eigenvalue weighted by Crippen LogP contribution is 2.29. The Labute approximate surface area is 154 Å². The maximum absolute atomic E-state index is 3.55. The van der Waals surface area contributed by atoms with E-state index < -0.39 is 0 Å². The quantitative estimate of drug-likeness (QED) is 0.897. The van der Waals surface area contributed by atoms with Crippen molar-refractivity contribution in [2.75, 3.05) is 39.3 Å². The Morgan fingerprint density at radius 2 is 1.72 bits per heavy atom. The van der Waals surface area contributed by atoms with Crippen LogP contribution in [0.3, 0.4) is 0 Å². The summed E-state index contributed by atoms with van der Waals surface area (Å²) in [5.41, 5.74) is 3.15. The third-order valence-corrected chi connectivity index (χ3v) is 5.99. The van der Waals surface area contributed by atoms with Crippen molar-refractivity contribution in [2.24, 2.45) is 0 Å². The van der Waals surface area contributed by atoms with Crippen LogP contribution in [0.1, 0.15) is 64.1 Å². The highest BCUT2D eigenvalue weighted by atomic mass is 15.3. The minimum Gasteiger partial charge on any atom is -0.314 e. The number of nitrogens with one attached hydrogen (secondary N) is 1. The number of hydrogen-bond acceptors (Lipinski definition) is 3. The van der Waals surface area contributed by atoms with Crippen molar-refractivity contribution < 1.29 is 0 Å². The average Bonchev–Trinajstić information content (AvgIpc) is 2.61. The molecule has 0 aliphatic carbocycles. The van der Waals surface area contributed by atoms with Crippen molar-refractivity contribution in [3.8, 4) is 0 Å². The Kier molecular flexibility index (Phi) is 6.19. The molecule has 2 heterocycles. The molecule has 2 aliphatic heterocycles. The van der Waals surface area contributed by atoms with Crippen molar-refractivity contribution in [1.82, 2.24) is 15.1 Å². The van der Waals surface area contributed by atoms with Crippen molar-refractivity contribution in [3.05, 3.63) is 35.4 Å². The molecule has 3 nitrogen and oxygen atoms in total. The standard InChI is InChI=1S/C22H37N3/c1-18-16-23-12-15-25(18)21(17-24-13-6-5-7-14-24)19-8-10-20(11-9-19)22(2,3)4/h8-11,18,21,23H,5-7,12-17H2,1-4H3. The molecule has 2 atom stereocenters. The maximum atomic E-state index is 3.55. The zero-order valence-corrected chi connectivity index (χ0v) is 16.7. The number of piperazine rings is 1. The van der Waals surface area contributed by atoms with Crippen LogP contribution in [-0.4, -0.2) is 55.1 Å². The minimum absolute atomic E-state index is 0.225. The first kappa shape index (κ1) is 18.9. The third-order valence-electron chi connectivity index (χ3n) is 5.99. The van der Waals surface area contributed by atoms with Gasteiger partial charge in [0.2, 0.25) is 0 Å². The van der Waals surface area contributed by atoms with Gasteiger partial charge in [0.25, 0.3) is 0 Å². The van der Waals surface area contributed by atoms with Crippen LogP contribution in [0.4, 0.5) is 0 Å². The van der Waals surface area contributed by atoms with E-state index in [1.165, 1.54) is 50.0 Å². The van der Waals surface area contributed by atoms with Crippen molar-refractivity contribution >= 4 is 0 Å². The second-order valence-corrected chi connectivity index (χ2v) is 9.04. The lowest BCUT2D eigenvalue weighted by atomic mass is 9.86. The van der Waals surface area contributed by atoms with E-state index in [0.717, 1.165) is 19.6 Å². The van der Waals surface area contributed by atoms with Gasteiger partial charge in [0.15, 0.2) is 0 Å². The highest BCUT2D eigenvalue weighted by molar-refractivity contribution is 5.29. The van der Waals surface area contributed by atoms with E-state index in [-0.39, 0.29) is 5.41 Å². The van der Waals surface area contributed by atoms with Gasteiger partial charge in [-0.1, -0.05) is 51.5 Å². The van der Waals surface area contributed by atoms with Gasteiger partial charge in [-0.15, -0.1) is 0 Å². The highest BCUT2D eigenvalue weighted by Gasteiger charge is 2.29. The zero-order chi connectivity index (χ0) is 17.9. The molecule has 0 spiro atoms. The molecule has 2 saturated heterocycles.